The number of phosphoric acid groups is 1. The third-order valence-electron chi connectivity index (χ3n) is 20.3. The normalized spacial score (nSPS) is 14.7. The Hall–Kier alpha value is -15.1. The number of primary amides is 5. The first-order chi connectivity index (χ1) is 66.6. The van der Waals surface area contributed by atoms with Crippen LogP contribution >= 0.6 is 7.82 Å². The van der Waals surface area contributed by atoms with Crippen molar-refractivity contribution in [2.45, 2.75) is 284 Å². The number of carbonyl (C=O) groups is 27. The van der Waals surface area contributed by atoms with Crippen molar-refractivity contribution in [3.05, 3.63) is 35.9 Å². The van der Waals surface area contributed by atoms with E-state index in [1.54, 1.807) is 30.3 Å². The maximum Gasteiger partial charge on any atom is 0.469 e. The Morgan fingerprint density at radius 1 is 0.308 bits per heavy atom. The number of aliphatic carboxylic acids is 7. The minimum absolute atomic E-state index is 0.114. The lowest BCUT2D eigenvalue weighted by atomic mass is 10.0. The fourth-order valence-corrected chi connectivity index (χ4v) is 13.3. The predicted molar refractivity (Wildman–Crippen MR) is 481 cm³/mol. The lowest BCUT2D eigenvalue weighted by molar-refractivity contribution is -0.144. The average molecular weight is 2060 g/mol. The van der Waals surface area contributed by atoms with Gasteiger partial charge < -0.3 is 171 Å². The minimum Gasteiger partial charge on any atom is -0.481 e. The number of nitrogens with one attached hydrogen (secondary N) is 15. The summed E-state index contributed by atoms with van der Waals surface area (Å²) in [5, 5.41) is 111. The highest BCUT2D eigenvalue weighted by atomic mass is 31.2. The summed E-state index contributed by atoms with van der Waals surface area (Å²) in [4.78, 5) is 377. The molecule has 62 heteroatoms. The molecule has 1 aromatic carbocycles. The van der Waals surface area contributed by atoms with Crippen molar-refractivity contribution in [3.63, 3.8) is 0 Å². The lowest BCUT2D eigenvalue weighted by Crippen LogP contribution is -2.62. The lowest BCUT2D eigenvalue weighted by Gasteiger charge is -2.29. The van der Waals surface area contributed by atoms with E-state index in [-0.39, 0.29) is 25.8 Å². The van der Waals surface area contributed by atoms with Crippen LogP contribution in [-0.4, -0.2) is 326 Å². The second-order valence-electron chi connectivity index (χ2n) is 32.9. The van der Waals surface area contributed by atoms with Gasteiger partial charge in [-0.15, -0.1) is 0 Å². The van der Waals surface area contributed by atoms with Crippen LogP contribution < -0.4 is 120 Å². The molecular weight excluding hydrogens is 1940 g/mol. The molecular formula is C81H125N22O39P. The molecule has 1 rings (SSSR count). The molecule has 0 heterocycles. The summed E-state index contributed by atoms with van der Waals surface area (Å²) in [5.41, 5.74) is 38.9. The van der Waals surface area contributed by atoms with Gasteiger partial charge in [0.25, 0.3) is 0 Å². The predicted octanol–water partition coefficient (Wildman–Crippen LogP) is -12.7. The Morgan fingerprint density at radius 2 is 0.552 bits per heavy atom. The van der Waals surface area contributed by atoms with E-state index in [1.807, 2.05) is 37.2 Å². The van der Waals surface area contributed by atoms with E-state index in [9.17, 15) is 185 Å². The van der Waals surface area contributed by atoms with Gasteiger partial charge in [-0.25, -0.2) is 9.36 Å². The maximum atomic E-state index is 14.5. The number of carboxylic acid groups (broad SMARTS) is 7. The third kappa shape index (κ3) is 53.2. The zero-order valence-electron chi connectivity index (χ0n) is 77.7. The molecule has 39 N–H and O–H groups in total. The molecule has 0 aliphatic heterocycles. The number of carboxylic acids is 7. The van der Waals surface area contributed by atoms with Crippen molar-refractivity contribution in [2.24, 2.45) is 46.1 Å². The topological polar surface area (TPSA) is 1050 Å². The standard InChI is InChI=1S/C81H125N22O39P/c1-36(2)31-50(76(132)94-43(15-24-57(87)108)71(127)101-52(34-64(120)121)78(134)98-49(81(137)138)11-7-8-30-82)99-72(128)47(19-28-61(114)115)95-77(133)51(33-63(118)119)100-73(129)48(20-29-62(116)117)97-80(136)65(37(3)104)103-75(131)44(16-25-58(88)109)92-68(124)42(14-23-56(86)107)90-67(123)41(13-22-55(85)106)91-69(125)45(17-26-59(110)111)93-70(126)46(18-27-60(112)113)96-79(135)53(35-142-143(139,140)141)102-74(130)40(12-21-54(84)105)89-66(122)39(83)32-38-9-5-4-6-10-38/h4-6,9-10,36-37,39-53,65,104H,7-8,11-35,82-83H2,1-3H3,(H2,84,105)(H2,85,106)(H2,86,107)(H2,87,108)(H2,88,109)(H,89,122)(H,90,123)(H,91,125)(H,92,124)(H,93,126)(H,94,132)(H,95,133)(H,96,135)(H,97,136)(H,98,134)(H,99,128)(H,100,129)(H,101,127)(H,102,130)(H,103,131)(H,110,111)(H,112,113)(H,114,115)(H,116,117)(H,118,119)(H,120,121)(H,137,138)(H2,139,140,141)/t37-,39+,40+,41+,42+,43+,44+,45+,46+,47+,48+,49+,50+,51+,52+,53+,65+/m1/s1. The van der Waals surface area contributed by atoms with Gasteiger partial charge in [0.1, 0.15) is 90.6 Å². The number of phosphoric ester groups is 1. The molecule has 0 unspecified atom stereocenters. The van der Waals surface area contributed by atoms with Crippen molar-refractivity contribution in [1.82, 2.24) is 79.8 Å². The van der Waals surface area contributed by atoms with Crippen LogP contribution in [0.4, 0.5) is 0 Å². The van der Waals surface area contributed by atoms with Crippen LogP contribution in [0.5, 0.6) is 0 Å². The molecule has 0 aliphatic rings. The second kappa shape index (κ2) is 64.3. The number of hydrogen-bond acceptors (Lipinski definition) is 32. The largest absolute Gasteiger partial charge is 0.481 e. The van der Waals surface area contributed by atoms with Gasteiger partial charge in [0.05, 0.1) is 31.6 Å². The molecule has 0 aromatic heterocycles. The van der Waals surface area contributed by atoms with Gasteiger partial charge in [0.2, 0.25) is 118 Å². The van der Waals surface area contributed by atoms with E-state index in [2.05, 4.69) is 47.1 Å². The molecule has 17 atom stereocenters. The molecule has 61 nitrogen and oxygen atoms in total. The number of carbonyl (C=O) groups excluding carboxylic acids is 20. The second-order valence-corrected chi connectivity index (χ2v) is 34.1. The summed E-state index contributed by atoms with van der Waals surface area (Å²) in [6.07, 6.45) is -21.0. The van der Waals surface area contributed by atoms with E-state index >= 15 is 0 Å². The van der Waals surface area contributed by atoms with Crippen LogP contribution in [0.15, 0.2) is 30.3 Å². The molecule has 20 amide bonds. The van der Waals surface area contributed by atoms with Crippen LogP contribution in [0, 0.1) is 5.92 Å². The average Bonchev–Trinajstić information content (AvgIpc) is 0.839. The summed E-state index contributed by atoms with van der Waals surface area (Å²) in [5.74, 6) is -40.5. The van der Waals surface area contributed by atoms with Gasteiger partial charge in [-0.2, -0.15) is 0 Å². The number of benzene rings is 1. The van der Waals surface area contributed by atoms with Crippen molar-refractivity contribution >= 4 is 168 Å². The maximum absolute atomic E-state index is 14.5. The van der Waals surface area contributed by atoms with Gasteiger partial charge >= 0.3 is 49.6 Å². The Bertz CT molecular complexity index is 4750. The van der Waals surface area contributed by atoms with E-state index in [4.69, 9.17) is 40.1 Å². The van der Waals surface area contributed by atoms with Gasteiger partial charge in [0.15, 0.2) is 0 Å². The van der Waals surface area contributed by atoms with Crippen molar-refractivity contribution < 1.29 is 189 Å². The minimum atomic E-state index is -5.61. The van der Waals surface area contributed by atoms with Crippen LogP contribution in [0.2, 0.25) is 0 Å². The summed E-state index contributed by atoms with van der Waals surface area (Å²) in [6, 6.07) is -25.1. The fourth-order valence-electron chi connectivity index (χ4n) is 12.9. The fraction of sp³-hybridized carbons (Fsp3) is 0.593. The van der Waals surface area contributed by atoms with Gasteiger partial charge in [0, 0.05) is 57.8 Å². The number of rotatable bonds is 74. The Balaban J connectivity index is 3.91. The molecule has 143 heavy (non-hydrogen) atoms. The Kier molecular flexibility index (Phi) is 56.6. The quantitative estimate of drug-likeness (QED) is 0.0213. The summed E-state index contributed by atoms with van der Waals surface area (Å²) >= 11 is 0. The number of amides is 20. The smallest absolute Gasteiger partial charge is 0.469 e. The molecule has 0 radical (unpaired) electrons. The van der Waals surface area contributed by atoms with E-state index in [0.717, 1.165) is 6.92 Å². The van der Waals surface area contributed by atoms with Crippen LogP contribution in [0.1, 0.15) is 180 Å². The zero-order valence-corrected chi connectivity index (χ0v) is 78.6. The van der Waals surface area contributed by atoms with Crippen LogP contribution in [0.3, 0.4) is 0 Å². The van der Waals surface area contributed by atoms with Gasteiger partial charge in [-0.1, -0.05) is 44.2 Å². The van der Waals surface area contributed by atoms with Crippen LogP contribution in [-0.2, 0) is 145 Å². The number of nitrogens with two attached hydrogens (primary N) is 7. The van der Waals surface area contributed by atoms with Crippen LogP contribution in [0.25, 0.3) is 0 Å². The van der Waals surface area contributed by atoms with E-state index in [0.29, 0.717) is 12.0 Å². The summed E-state index contributed by atoms with van der Waals surface area (Å²) in [6.45, 7) is 2.46. The number of unbranched alkanes of at least 4 members (excludes halogenated alkanes) is 1. The Morgan fingerprint density at radius 3 is 0.818 bits per heavy atom. The van der Waals surface area contributed by atoms with Crippen molar-refractivity contribution in [3.8, 4) is 0 Å². The molecule has 0 saturated heterocycles. The Labute approximate surface area is 812 Å². The number of hydrogen-bond donors (Lipinski definition) is 32. The first kappa shape index (κ1) is 126. The molecule has 798 valence electrons. The zero-order chi connectivity index (χ0) is 109. The molecule has 0 spiro atoms. The van der Waals surface area contributed by atoms with Gasteiger partial charge in [-0.3, -0.25) is 129 Å². The van der Waals surface area contributed by atoms with E-state index in [1.165, 1.54) is 13.8 Å². The highest BCUT2D eigenvalue weighted by Gasteiger charge is 2.42. The number of aliphatic hydroxyl groups excluding tert-OH is 1. The van der Waals surface area contributed by atoms with Crippen molar-refractivity contribution in [1.29, 1.82) is 0 Å². The third-order valence-corrected chi connectivity index (χ3v) is 20.8. The highest BCUT2D eigenvalue weighted by Crippen LogP contribution is 2.36. The first-order valence-corrected chi connectivity index (χ1v) is 45.6. The molecule has 0 bridgehead atoms. The summed E-state index contributed by atoms with van der Waals surface area (Å²) in [7, 11) is -5.61. The first-order valence-electron chi connectivity index (χ1n) is 44.0. The highest BCUT2D eigenvalue weighted by molar-refractivity contribution is 7.46. The van der Waals surface area contributed by atoms with Crippen molar-refractivity contribution in [2.75, 3.05) is 13.2 Å². The molecule has 1 aromatic rings. The molecule has 0 aliphatic carbocycles. The SMILES string of the molecule is CC(C)C[C@H](NC(=O)[C@H](CCC(=O)O)NC(=O)[C@H](CC(=O)O)NC(=O)[C@H](CCC(=O)O)NC(=O)[C@@H](NC(=O)[C@H](CCC(N)=O)NC(=O)[C@H](CCC(N)=O)NC(=O)[C@H](CCC(N)=O)NC(=O)[C@H](CCC(=O)O)NC(=O)[C@H](CCC(=O)O)NC(=O)[C@H](COP(=O)(O)O)NC(=O)[C@H](CCC(N)=O)NC(=O)[C@@H](N)Cc1ccccc1)[C@@H](C)O)C(=O)N[C@@H](CCC(N)=O)C(=O)N[C@@H](CC(=O)O)C(=O)N[C@@H](CCCCN)C(=O)O. The molecule has 0 fully saturated rings. The monoisotopic (exact) mass is 2060 g/mol. The number of aliphatic hydroxyl groups is 1. The van der Waals surface area contributed by atoms with E-state index < -0.39 is 418 Å². The molecule has 0 saturated carbocycles. The van der Waals surface area contributed by atoms with Gasteiger partial charge in [-0.05, 0) is 115 Å². The summed E-state index contributed by atoms with van der Waals surface area (Å²) < 4.78 is 16.4.